The van der Waals surface area contributed by atoms with E-state index in [1.807, 2.05) is 18.3 Å². The van der Waals surface area contributed by atoms with E-state index in [-0.39, 0.29) is 17.0 Å². The molecule has 1 aromatic heterocycles. The van der Waals surface area contributed by atoms with Crippen LogP contribution < -0.4 is 0 Å². The van der Waals surface area contributed by atoms with E-state index in [1.54, 1.807) is 12.1 Å². The molecule has 0 saturated carbocycles. The lowest BCUT2D eigenvalue weighted by molar-refractivity contribution is 0.0910. The average molecular weight is 285 g/mol. The molecule has 0 unspecified atom stereocenters. The molecule has 0 amide bonds. The summed E-state index contributed by atoms with van der Waals surface area (Å²) in [5.41, 5.74) is 3.01. The second-order valence-corrected chi connectivity index (χ2v) is 6.69. The minimum atomic E-state index is -0.196. The molecule has 3 rings (SSSR count). The van der Waals surface area contributed by atoms with Gasteiger partial charge in [0, 0.05) is 30.4 Å². The van der Waals surface area contributed by atoms with Gasteiger partial charge in [-0.3, -0.25) is 4.79 Å². The molecule has 0 fully saturated rings. The Morgan fingerprint density at radius 1 is 1.24 bits per heavy atom. The lowest BCUT2D eigenvalue weighted by Gasteiger charge is -2.29. The van der Waals surface area contributed by atoms with Crippen LogP contribution in [0.5, 0.6) is 0 Å². The van der Waals surface area contributed by atoms with Gasteiger partial charge in [-0.2, -0.15) is 0 Å². The zero-order valence-corrected chi connectivity index (χ0v) is 12.5. The fourth-order valence-electron chi connectivity index (χ4n) is 3.15. The SMILES string of the molecule is CC1(C)CC(=O)c2ccn(CCc3cccc(F)c3)c2C1. The first kappa shape index (κ1) is 14.1. The summed E-state index contributed by atoms with van der Waals surface area (Å²) < 4.78 is 15.4. The Morgan fingerprint density at radius 2 is 2.05 bits per heavy atom. The van der Waals surface area contributed by atoms with E-state index in [0.717, 1.165) is 36.2 Å². The molecule has 21 heavy (non-hydrogen) atoms. The molecule has 1 aliphatic carbocycles. The molecule has 2 aromatic rings. The normalized spacial score (nSPS) is 16.8. The van der Waals surface area contributed by atoms with E-state index in [1.165, 1.54) is 6.07 Å². The van der Waals surface area contributed by atoms with E-state index in [2.05, 4.69) is 18.4 Å². The number of hydrogen-bond acceptors (Lipinski definition) is 1. The number of Topliss-reactive ketones (excluding diaryl/α,β-unsaturated/α-hetero) is 1. The number of fused-ring (bicyclic) bond motifs is 1. The van der Waals surface area contributed by atoms with Crippen molar-refractivity contribution in [3.8, 4) is 0 Å². The molecular weight excluding hydrogens is 265 g/mol. The first-order valence-corrected chi connectivity index (χ1v) is 7.40. The lowest BCUT2D eigenvalue weighted by Crippen LogP contribution is -2.28. The molecule has 110 valence electrons. The highest BCUT2D eigenvalue weighted by Crippen LogP contribution is 2.35. The van der Waals surface area contributed by atoms with Crippen LogP contribution in [0, 0.1) is 11.2 Å². The summed E-state index contributed by atoms with van der Waals surface area (Å²) in [4.78, 5) is 12.2. The van der Waals surface area contributed by atoms with Crippen LogP contribution in [0.1, 0.15) is 41.9 Å². The second-order valence-electron chi connectivity index (χ2n) is 6.69. The minimum Gasteiger partial charge on any atom is -0.350 e. The number of carbonyl (C=O) groups is 1. The van der Waals surface area contributed by atoms with E-state index < -0.39 is 0 Å². The molecule has 2 nitrogen and oxygen atoms in total. The maximum atomic E-state index is 13.2. The predicted molar refractivity (Wildman–Crippen MR) is 81.0 cm³/mol. The number of halogens is 1. The third-order valence-electron chi connectivity index (χ3n) is 4.19. The molecule has 1 heterocycles. The van der Waals surface area contributed by atoms with Crippen LogP contribution >= 0.6 is 0 Å². The van der Waals surface area contributed by atoms with Gasteiger partial charge in [0.1, 0.15) is 5.82 Å². The summed E-state index contributed by atoms with van der Waals surface area (Å²) in [6.07, 6.45) is 4.30. The Hall–Kier alpha value is -1.90. The number of benzene rings is 1. The lowest BCUT2D eigenvalue weighted by atomic mass is 9.76. The largest absolute Gasteiger partial charge is 0.350 e. The summed E-state index contributed by atoms with van der Waals surface area (Å²) in [6, 6.07) is 8.64. The summed E-state index contributed by atoms with van der Waals surface area (Å²) in [7, 11) is 0. The van der Waals surface area contributed by atoms with Crippen LogP contribution in [-0.4, -0.2) is 10.4 Å². The van der Waals surface area contributed by atoms with E-state index in [9.17, 15) is 9.18 Å². The number of hydrogen-bond donors (Lipinski definition) is 0. The van der Waals surface area contributed by atoms with Crippen LogP contribution in [0.2, 0.25) is 0 Å². The van der Waals surface area contributed by atoms with Crippen molar-refractivity contribution in [2.24, 2.45) is 5.41 Å². The molecule has 0 aliphatic heterocycles. The molecule has 0 N–H and O–H groups in total. The quantitative estimate of drug-likeness (QED) is 0.834. The summed E-state index contributed by atoms with van der Waals surface area (Å²) in [5, 5.41) is 0. The monoisotopic (exact) mass is 285 g/mol. The first-order valence-electron chi connectivity index (χ1n) is 7.40. The average Bonchev–Trinajstić information content (AvgIpc) is 2.78. The molecule has 0 radical (unpaired) electrons. The third-order valence-corrected chi connectivity index (χ3v) is 4.19. The molecule has 0 bridgehead atoms. The predicted octanol–water partition coefficient (Wildman–Crippen LogP) is 4.03. The van der Waals surface area contributed by atoms with E-state index in [0.29, 0.717) is 6.42 Å². The summed E-state index contributed by atoms with van der Waals surface area (Å²) in [6.45, 7) is 5.05. The van der Waals surface area contributed by atoms with Gasteiger partial charge in [-0.05, 0) is 42.0 Å². The Labute approximate surface area is 124 Å². The third kappa shape index (κ3) is 2.92. The van der Waals surface area contributed by atoms with Crippen molar-refractivity contribution in [2.75, 3.05) is 0 Å². The fraction of sp³-hybridized carbons (Fsp3) is 0.389. The Morgan fingerprint density at radius 3 is 2.81 bits per heavy atom. The number of carbonyl (C=O) groups excluding carboxylic acids is 1. The summed E-state index contributed by atoms with van der Waals surface area (Å²) >= 11 is 0. The van der Waals surface area contributed by atoms with Crippen molar-refractivity contribution < 1.29 is 9.18 Å². The number of nitrogens with zero attached hydrogens (tertiary/aromatic N) is 1. The molecule has 1 aliphatic rings. The second kappa shape index (κ2) is 5.14. The van der Waals surface area contributed by atoms with Gasteiger partial charge in [-0.15, -0.1) is 0 Å². The van der Waals surface area contributed by atoms with Crippen LogP contribution in [0.3, 0.4) is 0 Å². The van der Waals surface area contributed by atoms with Crippen molar-refractivity contribution in [1.82, 2.24) is 4.57 Å². The van der Waals surface area contributed by atoms with Crippen molar-refractivity contribution in [2.45, 2.75) is 39.7 Å². The Kier molecular flexibility index (Phi) is 3.44. The van der Waals surface area contributed by atoms with Gasteiger partial charge in [0.25, 0.3) is 0 Å². The smallest absolute Gasteiger partial charge is 0.165 e. The Bertz CT molecular complexity index is 684. The molecule has 0 spiro atoms. The first-order chi connectivity index (χ1) is 9.94. The van der Waals surface area contributed by atoms with Crippen molar-refractivity contribution in [3.63, 3.8) is 0 Å². The van der Waals surface area contributed by atoms with Crippen LogP contribution in [-0.2, 0) is 19.4 Å². The van der Waals surface area contributed by atoms with E-state index >= 15 is 0 Å². The van der Waals surface area contributed by atoms with E-state index in [4.69, 9.17) is 0 Å². The number of aromatic nitrogens is 1. The van der Waals surface area contributed by atoms with Gasteiger partial charge in [0.05, 0.1) is 0 Å². The van der Waals surface area contributed by atoms with Crippen molar-refractivity contribution in [1.29, 1.82) is 0 Å². The minimum absolute atomic E-state index is 0.0268. The summed E-state index contributed by atoms with van der Waals surface area (Å²) in [5.74, 6) is 0.0455. The topological polar surface area (TPSA) is 22.0 Å². The molecule has 3 heteroatoms. The maximum absolute atomic E-state index is 13.2. The van der Waals surface area contributed by atoms with Crippen LogP contribution in [0.15, 0.2) is 36.5 Å². The molecule has 0 saturated heterocycles. The molecule has 1 aromatic carbocycles. The van der Waals surface area contributed by atoms with Gasteiger partial charge >= 0.3 is 0 Å². The standard InChI is InChI=1S/C18H20FNO/c1-18(2)11-16-15(17(21)12-18)7-9-20(16)8-6-13-4-3-5-14(19)10-13/h3-5,7,9-10H,6,8,11-12H2,1-2H3. The highest BCUT2D eigenvalue weighted by Gasteiger charge is 2.32. The van der Waals surface area contributed by atoms with Gasteiger partial charge in [0.15, 0.2) is 5.78 Å². The Balaban J connectivity index is 1.80. The number of aryl methyl sites for hydroxylation is 2. The van der Waals surface area contributed by atoms with Gasteiger partial charge in [-0.1, -0.05) is 26.0 Å². The maximum Gasteiger partial charge on any atom is 0.165 e. The fourth-order valence-corrected chi connectivity index (χ4v) is 3.15. The molecular formula is C18H20FNO. The number of ketones is 1. The zero-order chi connectivity index (χ0) is 15.0. The van der Waals surface area contributed by atoms with Crippen molar-refractivity contribution >= 4 is 5.78 Å². The van der Waals surface area contributed by atoms with Crippen molar-refractivity contribution in [3.05, 3.63) is 59.2 Å². The zero-order valence-electron chi connectivity index (χ0n) is 12.5. The molecule has 0 atom stereocenters. The highest BCUT2D eigenvalue weighted by atomic mass is 19.1. The van der Waals surface area contributed by atoms with Gasteiger partial charge < -0.3 is 4.57 Å². The van der Waals surface area contributed by atoms with Crippen LogP contribution in [0.4, 0.5) is 4.39 Å². The van der Waals surface area contributed by atoms with Gasteiger partial charge in [0.2, 0.25) is 0 Å². The number of rotatable bonds is 3. The highest BCUT2D eigenvalue weighted by molar-refractivity contribution is 5.98. The van der Waals surface area contributed by atoms with Gasteiger partial charge in [-0.25, -0.2) is 4.39 Å². The van der Waals surface area contributed by atoms with Crippen LogP contribution in [0.25, 0.3) is 0 Å².